The fourth-order valence-corrected chi connectivity index (χ4v) is 3.13. The molecule has 0 aliphatic rings. The zero-order chi connectivity index (χ0) is 16.0. The third kappa shape index (κ3) is 1.98. The van der Waals surface area contributed by atoms with Gasteiger partial charge in [0.2, 0.25) is 0 Å². The van der Waals surface area contributed by atoms with Crippen molar-refractivity contribution in [1.29, 1.82) is 0 Å². The lowest BCUT2D eigenvalue weighted by molar-refractivity contribution is 0.456. The molecular weight excluding hydrogens is 288 g/mol. The molecule has 4 aromatic carbocycles. The van der Waals surface area contributed by atoms with Crippen molar-refractivity contribution >= 4 is 21.5 Å². The molecule has 0 atom stereocenters. The van der Waals surface area contributed by atoms with Crippen LogP contribution in [0, 0.1) is 0 Å². The first-order valence-corrected chi connectivity index (χ1v) is 7.31. The van der Waals surface area contributed by atoms with E-state index in [1.807, 2.05) is 48.5 Å². The molecule has 0 bridgehead atoms. The fraction of sp³-hybridized carbons (Fsp3) is 0. The molecule has 0 radical (unpaired) electrons. The van der Waals surface area contributed by atoms with Gasteiger partial charge in [0, 0.05) is 22.4 Å². The minimum atomic E-state index is 0.0112. The van der Waals surface area contributed by atoms with Crippen LogP contribution in [0.15, 0.2) is 66.7 Å². The maximum absolute atomic E-state index is 10.4. The van der Waals surface area contributed by atoms with Crippen molar-refractivity contribution in [1.82, 2.24) is 0 Å². The maximum Gasteiger partial charge on any atom is 0.127 e. The highest BCUT2D eigenvalue weighted by Gasteiger charge is 2.16. The molecule has 0 aromatic heterocycles. The average molecular weight is 302 g/mol. The lowest BCUT2D eigenvalue weighted by Crippen LogP contribution is -1.86. The summed E-state index contributed by atoms with van der Waals surface area (Å²) in [6.07, 6.45) is 0. The maximum atomic E-state index is 10.4. The number of aromatic hydroxyl groups is 3. The summed E-state index contributed by atoms with van der Waals surface area (Å²) < 4.78 is 0. The first-order valence-electron chi connectivity index (χ1n) is 7.31. The molecule has 23 heavy (non-hydrogen) atoms. The van der Waals surface area contributed by atoms with Gasteiger partial charge in [-0.1, -0.05) is 48.5 Å². The normalized spacial score (nSPS) is 11.1. The van der Waals surface area contributed by atoms with Crippen molar-refractivity contribution in [2.24, 2.45) is 0 Å². The highest BCUT2D eigenvalue weighted by Crippen LogP contribution is 2.44. The van der Waals surface area contributed by atoms with Crippen molar-refractivity contribution in [3.05, 3.63) is 66.7 Å². The second-order valence-corrected chi connectivity index (χ2v) is 5.51. The van der Waals surface area contributed by atoms with Gasteiger partial charge in [-0.25, -0.2) is 0 Å². The van der Waals surface area contributed by atoms with Gasteiger partial charge in [-0.05, 0) is 28.5 Å². The molecule has 3 nitrogen and oxygen atoms in total. The summed E-state index contributed by atoms with van der Waals surface area (Å²) in [4.78, 5) is 0. The molecular formula is C20H14O3. The van der Waals surface area contributed by atoms with E-state index in [0.29, 0.717) is 10.9 Å². The summed E-state index contributed by atoms with van der Waals surface area (Å²) in [7, 11) is 0. The number of hydrogen-bond acceptors (Lipinski definition) is 3. The average Bonchev–Trinajstić information content (AvgIpc) is 2.57. The summed E-state index contributed by atoms with van der Waals surface area (Å²) in [5.74, 6) is 0.258. The number of benzene rings is 4. The first kappa shape index (κ1) is 13.5. The molecule has 0 aliphatic heterocycles. The zero-order valence-electron chi connectivity index (χ0n) is 12.2. The largest absolute Gasteiger partial charge is 0.507 e. The summed E-state index contributed by atoms with van der Waals surface area (Å²) in [6, 6.07) is 19.7. The van der Waals surface area contributed by atoms with E-state index in [1.165, 1.54) is 6.07 Å². The Morgan fingerprint density at radius 3 is 1.74 bits per heavy atom. The van der Waals surface area contributed by atoms with Crippen LogP contribution in [-0.2, 0) is 0 Å². The molecule has 3 N–H and O–H groups in total. The topological polar surface area (TPSA) is 60.7 Å². The van der Waals surface area contributed by atoms with Crippen LogP contribution in [0.2, 0.25) is 0 Å². The van der Waals surface area contributed by atoms with Crippen LogP contribution in [-0.4, -0.2) is 15.3 Å². The lowest BCUT2D eigenvalue weighted by atomic mass is 9.92. The SMILES string of the molecule is Oc1cc(O)c2ccccc2c1-c1ccc(O)c2ccccc12. The van der Waals surface area contributed by atoms with Crippen molar-refractivity contribution < 1.29 is 15.3 Å². The molecule has 0 aliphatic carbocycles. The smallest absolute Gasteiger partial charge is 0.127 e. The third-order valence-corrected chi connectivity index (χ3v) is 4.17. The number of rotatable bonds is 1. The Labute approximate surface area is 132 Å². The first-order chi connectivity index (χ1) is 11.2. The quantitative estimate of drug-likeness (QED) is 0.474. The van der Waals surface area contributed by atoms with Gasteiger partial charge in [0.25, 0.3) is 0 Å². The number of phenols is 3. The van der Waals surface area contributed by atoms with Gasteiger partial charge in [-0.2, -0.15) is 0 Å². The summed E-state index contributed by atoms with van der Waals surface area (Å²) in [5.41, 5.74) is 1.46. The molecule has 4 rings (SSSR count). The van der Waals surface area contributed by atoms with Gasteiger partial charge in [-0.15, -0.1) is 0 Å². The van der Waals surface area contributed by atoms with Crippen LogP contribution in [0.1, 0.15) is 0 Å². The van der Waals surface area contributed by atoms with E-state index in [-0.39, 0.29) is 17.2 Å². The molecule has 0 fully saturated rings. The Hall–Kier alpha value is -3.20. The number of hydrogen-bond donors (Lipinski definition) is 3. The molecule has 4 aromatic rings. The molecule has 0 amide bonds. The summed E-state index contributed by atoms with van der Waals surface area (Å²) in [5, 5.41) is 33.6. The van der Waals surface area contributed by atoms with Crippen LogP contribution in [0.3, 0.4) is 0 Å². The number of phenolic OH excluding ortho intramolecular Hbond substituents is 3. The van der Waals surface area contributed by atoms with Gasteiger partial charge >= 0.3 is 0 Å². The van der Waals surface area contributed by atoms with Crippen LogP contribution in [0.4, 0.5) is 0 Å². The molecule has 0 heterocycles. The molecule has 0 spiro atoms. The fourth-order valence-electron chi connectivity index (χ4n) is 3.13. The van der Waals surface area contributed by atoms with Crippen LogP contribution >= 0.6 is 0 Å². The predicted octanol–water partition coefficient (Wildman–Crippen LogP) is 4.78. The number of fused-ring (bicyclic) bond motifs is 2. The van der Waals surface area contributed by atoms with Crippen LogP contribution in [0.25, 0.3) is 32.7 Å². The van der Waals surface area contributed by atoms with E-state index in [4.69, 9.17) is 0 Å². The summed E-state index contributed by atoms with van der Waals surface area (Å²) >= 11 is 0. The molecule has 0 saturated carbocycles. The van der Waals surface area contributed by atoms with E-state index < -0.39 is 0 Å². The van der Waals surface area contributed by atoms with Crippen molar-refractivity contribution in [2.45, 2.75) is 0 Å². The van der Waals surface area contributed by atoms with E-state index in [9.17, 15) is 15.3 Å². The van der Waals surface area contributed by atoms with Gasteiger partial charge < -0.3 is 15.3 Å². The second kappa shape index (κ2) is 4.92. The van der Waals surface area contributed by atoms with Gasteiger partial charge in [0.15, 0.2) is 0 Å². The molecule has 0 unspecified atom stereocenters. The molecule has 3 heteroatoms. The van der Waals surface area contributed by atoms with Crippen LogP contribution < -0.4 is 0 Å². The standard InChI is InChI=1S/C20H14O3/c21-17-10-9-16(12-5-1-2-6-13(12)17)20-15-8-4-3-7-14(15)18(22)11-19(20)23/h1-11,21-23H. The Bertz CT molecular complexity index is 1050. The minimum Gasteiger partial charge on any atom is -0.507 e. The van der Waals surface area contributed by atoms with E-state index in [2.05, 4.69) is 0 Å². The van der Waals surface area contributed by atoms with Crippen LogP contribution in [0.5, 0.6) is 17.2 Å². The van der Waals surface area contributed by atoms with Gasteiger partial charge in [-0.3, -0.25) is 0 Å². The Morgan fingerprint density at radius 1 is 0.478 bits per heavy atom. The van der Waals surface area contributed by atoms with Crippen molar-refractivity contribution in [3.8, 4) is 28.4 Å². The zero-order valence-corrected chi connectivity index (χ0v) is 12.2. The Kier molecular flexibility index (Phi) is 2.88. The Morgan fingerprint density at radius 2 is 1.04 bits per heavy atom. The highest BCUT2D eigenvalue weighted by atomic mass is 16.3. The summed E-state index contributed by atoms with van der Waals surface area (Å²) in [6.45, 7) is 0. The monoisotopic (exact) mass is 302 g/mol. The van der Waals surface area contributed by atoms with E-state index >= 15 is 0 Å². The minimum absolute atomic E-state index is 0.0112. The lowest BCUT2D eigenvalue weighted by Gasteiger charge is -2.14. The van der Waals surface area contributed by atoms with Crippen molar-refractivity contribution in [2.75, 3.05) is 0 Å². The highest BCUT2D eigenvalue weighted by molar-refractivity contribution is 6.10. The predicted molar refractivity (Wildman–Crippen MR) is 91.9 cm³/mol. The van der Waals surface area contributed by atoms with Crippen molar-refractivity contribution in [3.63, 3.8) is 0 Å². The Balaban J connectivity index is 2.18. The molecule has 112 valence electrons. The third-order valence-electron chi connectivity index (χ3n) is 4.17. The van der Waals surface area contributed by atoms with E-state index in [0.717, 1.165) is 21.7 Å². The van der Waals surface area contributed by atoms with E-state index in [1.54, 1.807) is 12.1 Å². The molecule has 0 saturated heterocycles. The van der Waals surface area contributed by atoms with Gasteiger partial charge in [0.1, 0.15) is 17.2 Å². The second-order valence-electron chi connectivity index (χ2n) is 5.51. The van der Waals surface area contributed by atoms with Gasteiger partial charge in [0.05, 0.1) is 0 Å².